The maximum Gasteiger partial charge on any atom is 0.0942 e. The van der Waals surface area contributed by atoms with Crippen molar-refractivity contribution in [2.45, 2.75) is 20.8 Å². The standard InChI is InChI=1S/C10H13NO.Pr/c1-7-5-4-6-11-10(7)8(2)9(3)12;/h4-6,12H,1-3H3;/b9-8-;. The maximum atomic E-state index is 9.24. The Hall–Kier alpha value is 0.0536. The summed E-state index contributed by atoms with van der Waals surface area (Å²) < 4.78 is 0. The van der Waals surface area contributed by atoms with Gasteiger partial charge in [-0.2, -0.15) is 0 Å². The molecule has 0 saturated heterocycles. The summed E-state index contributed by atoms with van der Waals surface area (Å²) in [6, 6.07) is 3.87. The Balaban J connectivity index is 0.00000144. The van der Waals surface area contributed by atoms with Crippen LogP contribution in [0, 0.1) is 48.2 Å². The Bertz CT molecular complexity index is 316. The Morgan fingerprint density at radius 3 is 2.46 bits per heavy atom. The van der Waals surface area contributed by atoms with Crippen molar-refractivity contribution in [3.05, 3.63) is 35.3 Å². The van der Waals surface area contributed by atoms with Crippen molar-refractivity contribution in [1.82, 2.24) is 4.98 Å². The third-order valence-corrected chi connectivity index (χ3v) is 1.91. The number of aliphatic hydroxyl groups excluding tert-OH is 1. The van der Waals surface area contributed by atoms with Crippen LogP contribution in [0.3, 0.4) is 0 Å². The van der Waals surface area contributed by atoms with Crippen LogP contribution < -0.4 is 0 Å². The Labute approximate surface area is 112 Å². The van der Waals surface area contributed by atoms with E-state index in [0.717, 1.165) is 16.8 Å². The molecule has 3 heteroatoms. The second kappa shape index (κ2) is 5.71. The fraction of sp³-hybridized carbons (Fsp3) is 0.300. The maximum absolute atomic E-state index is 9.24. The molecule has 0 aromatic carbocycles. The number of rotatable bonds is 1. The molecular formula is C10H13NOPr. The SMILES string of the molecule is C/C(O)=C(\C)c1ncccc1C.[Pr]. The summed E-state index contributed by atoms with van der Waals surface area (Å²) in [7, 11) is 0. The molecule has 0 atom stereocenters. The number of aliphatic hydroxyl groups is 1. The number of pyridine rings is 1. The van der Waals surface area contributed by atoms with Gasteiger partial charge in [0.05, 0.1) is 11.5 Å². The molecule has 1 rings (SSSR count). The van der Waals surface area contributed by atoms with Gasteiger partial charge in [-0.25, -0.2) is 0 Å². The number of aryl methyl sites for hydroxylation is 1. The molecule has 0 aliphatic carbocycles. The first-order valence-electron chi connectivity index (χ1n) is 3.91. The third-order valence-electron chi connectivity index (χ3n) is 1.91. The fourth-order valence-corrected chi connectivity index (χ4v) is 1.05. The molecule has 1 N–H and O–H groups in total. The molecule has 1 aromatic rings. The van der Waals surface area contributed by atoms with E-state index < -0.39 is 0 Å². The van der Waals surface area contributed by atoms with Gasteiger partial charge in [0.25, 0.3) is 0 Å². The van der Waals surface area contributed by atoms with E-state index in [0.29, 0.717) is 5.76 Å². The van der Waals surface area contributed by atoms with Gasteiger partial charge in [0.1, 0.15) is 0 Å². The summed E-state index contributed by atoms with van der Waals surface area (Å²) in [4.78, 5) is 4.18. The third kappa shape index (κ3) is 3.36. The van der Waals surface area contributed by atoms with Crippen molar-refractivity contribution in [3.63, 3.8) is 0 Å². The first-order valence-corrected chi connectivity index (χ1v) is 3.91. The van der Waals surface area contributed by atoms with E-state index >= 15 is 0 Å². The quantitative estimate of drug-likeness (QED) is 0.809. The minimum atomic E-state index is 0. The molecule has 0 spiro atoms. The van der Waals surface area contributed by atoms with Gasteiger partial charge in [0, 0.05) is 53.1 Å². The normalized spacial score (nSPS) is 11.6. The number of nitrogens with zero attached hydrogens (tertiary/aromatic N) is 1. The van der Waals surface area contributed by atoms with E-state index in [1.54, 1.807) is 13.1 Å². The molecule has 1 heterocycles. The summed E-state index contributed by atoms with van der Waals surface area (Å²) in [5.74, 6) is 0.330. The Morgan fingerprint density at radius 1 is 1.38 bits per heavy atom. The van der Waals surface area contributed by atoms with Crippen molar-refractivity contribution in [2.24, 2.45) is 0 Å². The largest absolute Gasteiger partial charge is 0.512 e. The zero-order valence-corrected chi connectivity index (χ0v) is 11.9. The van der Waals surface area contributed by atoms with Crippen LogP contribution in [-0.2, 0) is 0 Å². The first kappa shape index (κ1) is 13.1. The summed E-state index contributed by atoms with van der Waals surface area (Å²) in [6.07, 6.45) is 1.73. The topological polar surface area (TPSA) is 33.1 Å². The van der Waals surface area contributed by atoms with Crippen LogP contribution >= 0.6 is 0 Å². The molecule has 0 fully saturated rings. The van der Waals surface area contributed by atoms with E-state index in [1.165, 1.54) is 0 Å². The van der Waals surface area contributed by atoms with Gasteiger partial charge in [0.15, 0.2) is 0 Å². The molecule has 1 aromatic heterocycles. The van der Waals surface area contributed by atoms with E-state index in [4.69, 9.17) is 0 Å². The molecule has 0 aliphatic rings. The average molecular weight is 304 g/mol. The number of allylic oxidation sites excluding steroid dienone is 2. The summed E-state index contributed by atoms with van der Waals surface area (Å²) in [5, 5.41) is 9.24. The summed E-state index contributed by atoms with van der Waals surface area (Å²) in [6.45, 7) is 5.52. The second-order valence-electron chi connectivity index (χ2n) is 2.88. The van der Waals surface area contributed by atoms with Gasteiger partial charge >= 0.3 is 0 Å². The van der Waals surface area contributed by atoms with Gasteiger partial charge in [-0.1, -0.05) is 6.07 Å². The number of aromatic nitrogens is 1. The van der Waals surface area contributed by atoms with Crippen LogP contribution in [0.15, 0.2) is 24.1 Å². The second-order valence-corrected chi connectivity index (χ2v) is 2.88. The summed E-state index contributed by atoms with van der Waals surface area (Å²) in [5.41, 5.74) is 2.80. The molecule has 67 valence electrons. The molecule has 2 nitrogen and oxygen atoms in total. The van der Waals surface area contributed by atoms with Crippen LogP contribution in [0.5, 0.6) is 0 Å². The van der Waals surface area contributed by atoms with Crippen molar-refractivity contribution in [2.75, 3.05) is 0 Å². The van der Waals surface area contributed by atoms with Gasteiger partial charge in [-0.05, 0) is 32.4 Å². The van der Waals surface area contributed by atoms with Crippen molar-refractivity contribution < 1.29 is 46.4 Å². The molecule has 0 aliphatic heterocycles. The first-order chi connectivity index (χ1) is 5.63. The molecule has 0 saturated carbocycles. The number of hydrogen-bond acceptors (Lipinski definition) is 2. The Morgan fingerprint density at radius 2 is 2.00 bits per heavy atom. The predicted molar refractivity (Wildman–Crippen MR) is 49.9 cm³/mol. The van der Waals surface area contributed by atoms with Crippen LogP contribution in [0.1, 0.15) is 25.1 Å². The predicted octanol–water partition coefficient (Wildman–Crippen LogP) is 2.70. The van der Waals surface area contributed by atoms with Crippen molar-refractivity contribution in [1.29, 1.82) is 0 Å². The minimum absolute atomic E-state index is 0. The molecular weight excluding hydrogens is 291 g/mol. The molecule has 1 radical (unpaired) electrons. The zero-order chi connectivity index (χ0) is 9.14. The van der Waals surface area contributed by atoms with E-state index in [9.17, 15) is 5.11 Å². The van der Waals surface area contributed by atoms with Gasteiger partial charge in [-0.3, -0.25) is 4.98 Å². The van der Waals surface area contributed by atoms with Crippen LogP contribution in [-0.4, -0.2) is 10.1 Å². The molecule has 0 amide bonds. The van der Waals surface area contributed by atoms with Crippen molar-refractivity contribution >= 4 is 5.57 Å². The fourth-order valence-electron chi connectivity index (χ4n) is 1.05. The van der Waals surface area contributed by atoms with Gasteiger partial charge in [-0.15, -0.1) is 0 Å². The molecule has 0 unspecified atom stereocenters. The monoisotopic (exact) mass is 304 g/mol. The van der Waals surface area contributed by atoms with Gasteiger partial charge in [0.2, 0.25) is 0 Å². The number of hydrogen-bond donors (Lipinski definition) is 1. The van der Waals surface area contributed by atoms with Gasteiger partial charge < -0.3 is 5.11 Å². The average Bonchev–Trinajstić information content (AvgIpc) is 2.04. The van der Waals surface area contributed by atoms with Crippen LogP contribution in [0.2, 0.25) is 0 Å². The Kier molecular flexibility index (Phi) is 5.74. The van der Waals surface area contributed by atoms with E-state index in [1.807, 2.05) is 26.0 Å². The summed E-state index contributed by atoms with van der Waals surface area (Å²) >= 11 is 0. The zero-order valence-electron chi connectivity index (χ0n) is 8.20. The minimum Gasteiger partial charge on any atom is -0.512 e. The van der Waals surface area contributed by atoms with Crippen molar-refractivity contribution in [3.8, 4) is 0 Å². The smallest absolute Gasteiger partial charge is 0.0942 e. The van der Waals surface area contributed by atoms with Crippen LogP contribution in [0.4, 0.5) is 0 Å². The van der Waals surface area contributed by atoms with E-state index in [-0.39, 0.29) is 41.3 Å². The van der Waals surface area contributed by atoms with E-state index in [2.05, 4.69) is 4.98 Å². The van der Waals surface area contributed by atoms with Crippen LogP contribution in [0.25, 0.3) is 5.57 Å². The molecule has 13 heavy (non-hydrogen) atoms. The molecule has 0 bridgehead atoms.